The van der Waals surface area contributed by atoms with Crippen LogP contribution in [0.15, 0.2) is 42.6 Å². The van der Waals surface area contributed by atoms with Crippen LogP contribution in [0, 0.1) is 5.92 Å². The lowest BCUT2D eigenvalue weighted by Gasteiger charge is -2.31. The number of hydrogen-bond donors (Lipinski definition) is 2. The topological polar surface area (TPSA) is 91.4 Å². The minimum Gasteiger partial charge on any atom is -0.352 e. The summed E-state index contributed by atoms with van der Waals surface area (Å²) in [6.07, 6.45) is 2.86. The molecule has 158 valence electrons. The summed E-state index contributed by atoms with van der Waals surface area (Å²) in [5.41, 5.74) is 0.494. The molecule has 1 aliphatic heterocycles. The number of nitrogens with one attached hydrogen (secondary N) is 2. The van der Waals surface area contributed by atoms with Crippen LogP contribution < -0.4 is 10.6 Å². The Morgan fingerprint density at radius 3 is 2.30 bits per heavy atom. The molecule has 0 aliphatic carbocycles. The molecule has 30 heavy (non-hydrogen) atoms. The van der Waals surface area contributed by atoms with Gasteiger partial charge in [-0.25, -0.2) is 4.98 Å². The van der Waals surface area contributed by atoms with Gasteiger partial charge in [-0.2, -0.15) is 0 Å². The van der Waals surface area contributed by atoms with Crippen LogP contribution in [-0.2, 0) is 9.59 Å². The number of carbonyl (C=O) groups is 3. The van der Waals surface area contributed by atoms with E-state index in [1.165, 1.54) is 6.20 Å². The third kappa shape index (κ3) is 6.18. The van der Waals surface area contributed by atoms with Gasteiger partial charge in [0.05, 0.1) is 5.02 Å². The number of carbonyl (C=O) groups excluding carboxylic acids is 3. The molecule has 0 radical (unpaired) electrons. The van der Waals surface area contributed by atoms with Gasteiger partial charge in [-0.05, 0) is 49.2 Å². The summed E-state index contributed by atoms with van der Waals surface area (Å²) in [4.78, 5) is 42.6. The van der Waals surface area contributed by atoms with Crippen molar-refractivity contribution >= 4 is 46.7 Å². The van der Waals surface area contributed by atoms with Gasteiger partial charge in [-0.15, -0.1) is 0 Å². The first-order chi connectivity index (χ1) is 14.4. The second kappa shape index (κ2) is 10.4. The van der Waals surface area contributed by atoms with Gasteiger partial charge in [-0.1, -0.05) is 23.2 Å². The molecule has 2 aromatic rings. The van der Waals surface area contributed by atoms with E-state index in [4.69, 9.17) is 23.2 Å². The van der Waals surface area contributed by atoms with Crippen LogP contribution in [-0.4, -0.2) is 47.2 Å². The molecule has 0 atom stereocenters. The van der Waals surface area contributed by atoms with E-state index >= 15 is 0 Å². The van der Waals surface area contributed by atoms with Crippen LogP contribution in [0.25, 0.3) is 0 Å². The fourth-order valence-corrected chi connectivity index (χ4v) is 3.45. The zero-order valence-electron chi connectivity index (χ0n) is 16.2. The van der Waals surface area contributed by atoms with Crippen molar-refractivity contribution in [3.05, 3.63) is 58.2 Å². The number of likely N-dealkylation sites (tertiary alicyclic amines) is 1. The smallest absolute Gasteiger partial charge is 0.251 e. The van der Waals surface area contributed by atoms with Crippen LogP contribution in [0.3, 0.4) is 0 Å². The molecule has 3 amide bonds. The maximum Gasteiger partial charge on any atom is 0.251 e. The Bertz CT molecular complexity index is 895. The summed E-state index contributed by atoms with van der Waals surface area (Å²) in [6, 6.07) is 9.87. The molecule has 0 bridgehead atoms. The molecule has 7 nitrogen and oxygen atoms in total. The van der Waals surface area contributed by atoms with Crippen LogP contribution in [0.1, 0.15) is 29.6 Å². The van der Waals surface area contributed by atoms with Crippen molar-refractivity contribution in [1.29, 1.82) is 0 Å². The Hall–Kier alpha value is -2.64. The standard InChI is InChI=1S/C21H22Cl2N4O3/c22-16-3-1-14(2-4-16)20(29)24-10-7-19(28)27-11-8-15(9-12-27)21(30)26-18-6-5-17(23)13-25-18/h1-6,13,15H,7-12H2,(H,24,29)(H,25,26,30). The molecule has 1 aromatic heterocycles. The number of rotatable bonds is 6. The van der Waals surface area contributed by atoms with Crippen molar-refractivity contribution in [3.8, 4) is 0 Å². The molecule has 3 rings (SSSR count). The number of anilines is 1. The number of halogens is 2. The quantitative estimate of drug-likeness (QED) is 0.708. The molecule has 1 fully saturated rings. The van der Waals surface area contributed by atoms with E-state index in [1.54, 1.807) is 41.3 Å². The summed E-state index contributed by atoms with van der Waals surface area (Å²) in [6.45, 7) is 1.27. The first kappa shape index (κ1) is 22.1. The van der Waals surface area contributed by atoms with Crippen LogP contribution in [0.2, 0.25) is 10.0 Å². The molecule has 0 saturated carbocycles. The van der Waals surface area contributed by atoms with Crippen LogP contribution >= 0.6 is 23.2 Å². The number of amides is 3. The molecular weight excluding hydrogens is 427 g/mol. The fraction of sp³-hybridized carbons (Fsp3) is 0.333. The third-order valence-corrected chi connectivity index (χ3v) is 5.40. The first-order valence-electron chi connectivity index (χ1n) is 9.66. The van der Waals surface area contributed by atoms with Gasteiger partial charge in [-0.3, -0.25) is 14.4 Å². The average molecular weight is 449 g/mol. The summed E-state index contributed by atoms with van der Waals surface area (Å²) in [7, 11) is 0. The molecule has 1 aliphatic rings. The highest BCUT2D eigenvalue weighted by atomic mass is 35.5. The highest BCUT2D eigenvalue weighted by Gasteiger charge is 2.27. The van der Waals surface area contributed by atoms with Gasteiger partial charge >= 0.3 is 0 Å². The summed E-state index contributed by atoms with van der Waals surface area (Å²) in [5, 5.41) is 6.58. The van der Waals surface area contributed by atoms with E-state index < -0.39 is 0 Å². The summed E-state index contributed by atoms with van der Waals surface area (Å²) < 4.78 is 0. The van der Waals surface area contributed by atoms with Gasteiger partial charge < -0.3 is 15.5 Å². The van der Waals surface area contributed by atoms with Gasteiger partial charge in [0, 0.05) is 48.8 Å². The summed E-state index contributed by atoms with van der Waals surface area (Å²) >= 11 is 11.6. The average Bonchev–Trinajstić information content (AvgIpc) is 2.75. The Morgan fingerprint density at radius 1 is 1.00 bits per heavy atom. The van der Waals surface area contributed by atoms with Crippen LogP contribution in [0.5, 0.6) is 0 Å². The Morgan fingerprint density at radius 2 is 1.67 bits per heavy atom. The minimum atomic E-state index is -0.245. The molecule has 1 aromatic carbocycles. The SMILES string of the molecule is O=C(NCCC(=O)N1CCC(C(=O)Nc2ccc(Cl)cn2)CC1)c1ccc(Cl)cc1. The first-order valence-corrected chi connectivity index (χ1v) is 10.4. The van der Waals surface area contributed by atoms with Gasteiger partial charge in [0.2, 0.25) is 11.8 Å². The van der Waals surface area contributed by atoms with Crippen LogP contribution in [0.4, 0.5) is 5.82 Å². The van der Waals surface area contributed by atoms with Crippen molar-refractivity contribution in [3.63, 3.8) is 0 Å². The van der Waals surface area contributed by atoms with Gasteiger partial charge in [0.15, 0.2) is 0 Å². The predicted octanol–water partition coefficient (Wildman–Crippen LogP) is 3.39. The summed E-state index contributed by atoms with van der Waals surface area (Å²) in [5.74, 6) is -0.0992. The highest BCUT2D eigenvalue weighted by Crippen LogP contribution is 2.20. The lowest BCUT2D eigenvalue weighted by atomic mass is 9.95. The Balaban J connectivity index is 1.38. The maximum absolute atomic E-state index is 12.4. The largest absolute Gasteiger partial charge is 0.352 e. The van der Waals surface area contributed by atoms with Crippen molar-refractivity contribution in [2.24, 2.45) is 5.92 Å². The normalized spacial score (nSPS) is 14.3. The number of aromatic nitrogens is 1. The number of hydrogen-bond acceptors (Lipinski definition) is 4. The van der Waals surface area contributed by atoms with Crippen molar-refractivity contribution in [1.82, 2.24) is 15.2 Å². The Kier molecular flexibility index (Phi) is 7.65. The van der Waals surface area contributed by atoms with Gasteiger partial charge in [0.25, 0.3) is 5.91 Å². The van der Waals surface area contributed by atoms with E-state index in [0.717, 1.165) is 0 Å². The van der Waals surface area contributed by atoms with Crippen molar-refractivity contribution in [2.45, 2.75) is 19.3 Å². The number of nitrogens with zero attached hydrogens (tertiary/aromatic N) is 2. The van der Waals surface area contributed by atoms with Crippen molar-refractivity contribution < 1.29 is 14.4 Å². The maximum atomic E-state index is 12.4. The molecule has 1 saturated heterocycles. The fourth-order valence-electron chi connectivity index (χ4n) is 3.21. The zero-order valence-corrected chi connectivity index (χ0v) is 17.7. The second-order valence-electron chi connectivity index (χ2n) is 7.02. The van der Waals surface area contributed by atoms with E-state index in [9.17, 15) is 14.4 Å². The number of pyridine rings is 1. The molecule has 2 heterocycles. The molecule has 2 N–H and O–H groups in total. The molecular formula is C21H22Cl2N4O3. The highest BCUT2D eigenvalue weighted by molar-refractivity contribution is 6.30. The molecule has 0 spiro atoms. The zero-order chi connectivity index (χ0) is 21.5. The van der Waals surface area contributed by atoms with Crippen molar-refractivity contribution in [2.75, 3.05) is 25.0 Å². The predicted molar refractivity (Wildman–Crippen MR) is 116 cm³/mol. The monoisotopic (exact) mass is 448 g/mol. The number of benzene rings is 1. The van der Waals surface area contributed by atoms with E-state index in [1.807, 2.05) is 0 Å². The minimum absolute atomic E-state index is 0.0374. The van der Waals surface area contributed by atoms with E-state index in [-0.39, 0.29) is 36.6 Å². The molecule has 0 unspecified atom stereocenters. The molecule has 9 heteroatoms. The van der Waals surface area contributed by atoms with Gasteiger partial charge in [0.1, 0.15) is 5.82 Å². The van der Waals surface area contributed by atoms with E-state index in [2.05, 4.69) is 15.6 Å². The lowest BCUT2D eigenvalue weighted by Crippen LogP contribution is -2.42. The van der Waals surface area contributed by atoms with E-state index in [0.29, 0.717) is 47.4 Å². The number of piperidine rings is 1. The lowest BCUT2D eigenvalue weighted by molar-refractivity contribution is -0.134. The third-order valence-electron chi connectivity index (χ3n) is 4.93. The Labute approximate surface area is 184 Å². The second-order valence-corrected chi connectivity index (χ2v) is 7.89.